The number of carbonyl (C=O) groups excluding carboxylic acids is 3. The van der Waals surface area contributed by atoms with Crippen LogP contribution in [0.4, 0.5) is 0 Å². The third-order valence-electron chi connectivity index (χ3n) is 11.1. The van der Waals surface area contributed by atoms with Gasteiger partial charge in [-0.1, -0.05) is 226 Å². The molecule has 6 nitrogen and oxygen atoms in total. The zero-order valence-corrected chi connectivity index (χ0v) is 42.7. The zero-order chi connectivity index (χ0) is 47.9. The van der Waals surface area contributed by atoms with Crippen LogP contribution in [0.5, 0.6) is 0 Å². The summed E-state index contributed by atoms with van der Waals surface area (Å²) < 4.78 is 16.7. The molecule has 0 saturated carbocycles. The van der Waals surface area contributed by atoms with Gasteiger partial charge in [-0.05, 0) is 96.3 Å². The minimum absolute atomic E-state index is 0.118. The Labute approximate surface area is 406 Å². The number of carbonyl (C=O) groups is 3. The van der Waals surface area contributed by atoms with Crippen LogP contribution in [0.15, 0.2) is 109 Å². The van der Waals surface area contributed by atoms with Crippen molar-refractivity contribution in [2.45, 2.75) is 239 Å². The van der Waals surface area contributed by atoms with E-state index in [2.05, 4.69) is 118 Å². The molecule has 0 radical (unpaired) electrons. The predicted octanol–water partition coefficient (Wildman–Crippen LogP) is 17.9. The summed E-state index contributed by atoms with van der Waals surface area (Å²) in [7, 11) is 0. The van der Waals surface area contributed by atoms with E-state index in [9.17, 15) is 14.4 Å². The van der Waals surface area contributed by atoms with Gasteiger partial charge in [0.25, 0.3) is 0 Å². The normalized spacial score (nSPS) is 13.0. The van der Waals surface area contributed by atoms with Crippen LogP contribution in [-0.4, -0.2) is 37.2 Å². The van der Waals surface area contributed by atoms with Crippen LogP contribution in [0, 0.1) is 0 Å². The Morgan fingerprint density at radius 1 is 0.333 bits per heavy atom. The second-order valence-electron chi connectivity index (χ2n) is 17.4. The molecule has 0 aromatic rings. The van der Waals surface area contributed by atoms with Crippen LogP contribution in [0.25, 0.3) is 0 Å². The molecule has 0 heterocycles. The molecule has 0 rings (SSSR count). The highest BCUT2D eigenvalue weighted by Gasteiger charge is 2.19. The Morgan fingerprint density at radius 3 is 1.15 bits per heavy atom. The van der Waals surface area contributed by atoms with Crippen molar-refractivity contribution in [3.05, 3.63) is 109 Å². The van der Waals surface area contributed by atoms with Crippen LogP contribution in [0.1, 0.15) is 233 Å². The summed E-state index contributed by atoms with van der Waals surface area (Å²) in [6, 6.07) is 0. The molecule has 1 unspecified atom stereocenters. The van der Waals surface area contributed by atoms with Gasteiger partial charge < -0.3 is 14.2 Å². The van der Waals surface area contributed by atoms with Crippen molar-refractivity contribution < 1.29 is 28.6 Å². The van der Waals surface area contributed by atoms with Crippen LogP contribution in [-0.2, 0) is 28.6 Å². The van der Waals surface area contributed by atoms with Crippen molar-refractivity contribution in [3.8, 4) is 0 Å². The van der Waals surface area contributed by atoms with E-state index < -0.39 is 12.1 Å². The fourth-order valence-corrected chi connectivity index (χ4v) is 7.07. The smallest absolute Gasteiger partial charge is 0.306 e. The number of rotatable bonds is 47. The molecule has 66 heavy (non-hydrogen) atoms. The Bertz CT molecular complexity index is 1370. The van der Waals surface area contributed by atoms with Gasteiger partial charge in [-0.15, -0.1) is 0 Å². The number of allylic oxidation sites excluding steroid dienone is 18. The van der Waals surface area contributed by atoms with Crippen molar-refractivity contribution in [3.63, 3.8) is 0 Å². The second-order valence-corrected chi connectivity index (χ2v) is 17.4. The molecule has 0 fully saturated rings. The fraction of sp³-hybridized carbons (Fsp3) is 0.650. The first-order valence-electron chi connectivity index (χ1n) is 26.9. The summed E-state index contributed by atoms with van der Waals surface area (Å²) in [5.41, 5.74) is 0. The van der Waals surface area contributed by atoms with E-state index in [0.717, 1.165) is 96.3 Å². The van der Waals surface area contributed by atoms with E-state index in [4.69, 9.17) is 14.2 Å². The molecule has 0 N–H and O–H groups in total. The lowest BCUT2D eigenvalue weighted by molar-refractivity contribution is -0.166. The monoisotopic (exact) mass is 915 g/mol. The van der Waals surface area contributed by atoms with Crippen LogP contribution in [0.2, 0.25) is 0 Å². The largest absolute Gasteiger partial charge is 0.462 e. The molecule has 0 aliphatic carbocycles. The maximum Gasteiger partial charge on any atom is 0.306 e. The van der Waals surface area contributed by atoms with Gasteiger partial charge in [-0.2, -0.15) is 0 Å². The topological polar surface area (TPSA) is 78.9 Å². The maximum atomic E-state index is 12.8. The molecule has 0 saturated heterocycles. The third-order valence-corrected chi connectivity index (χ3v) is 11.1. The van der Waals surface area contributed by atoms with Crippen molar-refractivity contribution >= 4 is 17.9 Å². The van der Waals surface area contributed by atoms with Crippen molar-refractivity contribution in [1.29, 1.82) is 0 Å². The molecule has 1 atom stereocenters. The van der Waals surface area contributed by atoms with Crippen molar-refractivity contribution in [2.24, 2.45) is 0 Å². The van der Waals surface area contributed by atoms with Gasteiger partial charge in [0.15, 0.2) is 6.10 Å². The SMILES string of the molecule is CC\C=C/C=C\C=C/CCCCCCCC(=O)OCC(COC(=O)CCCCCCCCC/C=C\CCCCCCCCCC)OC(=O)CC/C=C\C/C=C\C/C=C\C/C=C\C/C=C\CC. The zero-order valence-electron chi connectivity index (χ0n) is 42.7. The highest BCUT2D eigenvalue weighted by atomic mass is 16.6. The quantitative estimate of drug-likeness (QED) is 0.0199. The summed E-state index contributed by atoms with van der Waals surface area (Å²) in [4.78, 5) is 38.0. The average Bonchev–Trinajstić information content (AvgIpc) is 3.31. The molecular formula is C60H98O6. The summed E-state index contributed by atoms with van der Waals surface area (Å²) in [6.07, 6.45) is 72.3. The average molecular weight is 915 g/mol. The summed E-state index contributed by atoms with van der Waals surface area (Å²) in [5, 5.41) is 0. The second kappa shape index (κ2) is 53.7. The van der Waals surface area contributed by atoms with E-state index in [0.29, 0.717) is 19.3 Å². The number of ether oxygens (including phenoxy) is 3. The summed E-state index contributed by atoms with van der Waals surface area (Å²) in [6.45, 7) is 6.30. The third kappa shape index (κ3) is 51.1. The molecule has 0 amide bonds. The molecule has 0 aromatic carbocycles. The number of hydrogen-bond acceptors (Lipinski definition) is 6. The first-order valence-corrected chi connectivity index (χ1v) is 26.9. The van der Waals surface area contributed by atoms with Gasteiger partial charge >= 0.3 is 17.9 Å². The van der Waals surface area contributed by atoms with Gasteiger partial charge in [-0.3, -0.25) is 14.4 Å². The minimum atomic E-state index is -0.829. The molecule has 0 aliphatic heterocycles. The van der Waals surface area contributed by atoms with Crippen molar-refractivity contribution in [1.82, 2.24) is 0 Å². The molecule has 6 heteroatoms. The maximum absolute atomic E-state index is 12.8. The van der Waals surface area contributed by atoms with Gasteiger partial charge in [-0.25, -0.2) is 0 Å². The standard InChI is InChI=1S/C60H98O6/c1-4-7-10-13-16-19-22-25-27-29-30-31-33-35-38-41-44-47-50-53-59(62)65-56-57(55-64-58(61)52-49-46-43-40-37-34-24-21-18-15-12-9-6-3)66-60(63)54-51-48-45-42-39-36-32-28-26-23-20-17-14-11-8-5-2/h8-9,11-12,15,17-18,20-21,24,26,28-30,36,39,45,48,57H,4-7,10,13-14,16,19,22-23,25,27,31-35,37-38,40-44,46-47,49-56H2,1-3H3/b11-8-,12-9-,18-15-,20-17-,24-21-,28-26-,30-29-,39-36-,48-45-. The van der Waals surface area contributed by atoms with Crippen LogP contribution < -0.4 is 0 Å². The number of esters is 3. The molecule has 0 bridgehead atoms. The van der Waals surface area contributed by atoms with E-state index in [1.54, 1.807) is 0 Å². The highest BCUT2D eigenvalue weighted by Crippen LogP contribution is 2.14. The number of hydrogen-bond donors (Lipinski definition) is 0. The Morgan fingerprint density at radius 2 is 0.697 bits per heavy atom. The summed E-state index contributed by atoms with van der Waals surface area (Å²) >= 11 is 0. The van der Waals surface area contributed by atoms with Gasteiger partial charge in [0, 0.05) is 19.3 Å². The Kier molecular flexibility index (Phi) is 50.5. The van der Waals surface area contributed by atoms with E-state index in [1.165, 1.54) is 89.9 Å². The van der Waals surface area contributed by atoms with Gasteiger partial charge in [0.05, 0.1) is 0 Å². The predicted molar refractivity (Wildman–Crippen MR) is 283 cm³/mol. The lowest BCUT2D eigenvalue weighted by atomic mass is 10.1. The van der Waals surface area contributed by atoms with Gasteiger partial charge in [0.2, 0.25) is 0 Å². The highest BCUT2D eigenvalue weighted by molar-refractivity contribution is 5.71. The molecule has 0 aromatic heterocycles. The van der Waals surface area contributed by atoms with E-state index in [1.807, 2.05) is 12.2 Å². The molecular weight excluding hydrogens is 817 g/mol. The fourth-order valence-electron chi connectivity index (χ4n) is 7.07. The van der Waals surface area contributed by atoms with E-state index in [-0.39, 0.29) is 31.6 Å². The van der Waals surface area contributed by atoms with Crippen LogP contribution in [0.3, 0.4) is 0 Å². The van der Waals surface area contributed by atoms with E-state index >= 15 is 0 Å². The Hall–Kier alpha value is -3.93. The summed E-state index contributed by atoms with van der Waals surface area (Å²) in [5.74, 6) is -1.03. The molecule has 0 aliphatic rings. The lowest BCUT2D eigenvalue weighted by Gasteiger charge is -2.18. The van der Waals surface area contributed by atoms with Gasteiger partial charge in [0.1, 0.15) is 13.2 Å². The lowest BCUT2D eigenvalue weighted by Crippen LogP contribution is -2.30. The number of unbranched alkanes of at least 4 members (excludes halogenated alkanes) is 20. The Balaban J connectivity index is 4.50. The first-order chi connectivity index (χ1) is 32.5. The minimum Gasteiger partial charge on any atom is -0.462 e. The molecule has 374 valence electrons. The van der Waals surface area contributed by atoms with Crippen LogP contribution >= 0.6 is 0 Å². The van der Waals surface area contributed by atoms with Crippen molar-refractivity contribution in [2.75, 3.05) is 13.2 Å². The molecule has 0 spiro atoms. The first kappa shape index (κ1) is 62.1.